The lowest BCUT2D eigenvalue weighted by atomic mass is 9.94. The van der Waals surface area contributed by atoms with Crippen molar-refractivity contribution in [1.82, 2.24) is 5.32 Å². The average molecular weight is 330 g/mol. The Morgan fingerprint density at radius 1 is 1.00 bits per heavy atom. The highest BCUT2D eigenvalue weighted by Crippen LogP contribution is 2.47. The van der Waals surface area contributed by atoms with E-state index >= 15 is 0 Å². The number of rotatable bonds is 4. The molecule has 1 heterocycles. The molecule has 24 heavy (non-hydrogen) atoms. The molecule has 2 amide bonds. The molecule has 1 aliphatic heterocycles. The van der Waals surface area contributed by atoms with E-state index in [1.54, 1.807) is 18.2 Å². The lowest BCUT2D eigenvalue weighted by Gasteiger charge is -2.25. The van der Waals surface area contributed by atoms with Crippen LogP contribution in [0.4, 0.5) is 5.69 Å². The van der Waals surface area contributed by atoms with Crippen LogP contribution in [0.2, 0.25) is 0 Å². The van der Waals surface area contributed by atoms with Crippen molar-refractivity contribution >= 4 is 17.5 Å². The Balaban J connectivity index is 1.40. The van der Waals surface area contributed by atoms with Gasteiger partial charge in [-0.1, -0.05) is 19.3 Å². The highest BCUT2D eigenvalue weighted by Gasteiger charge is 2.56. The number of carbonyl (C=O) groups excluding carboxylic acids is 2. The molecule has 4 rings (SSSR count). The van der Waals surface area contributed by atoms with Gasteiger partial charge in [-0.15, -0.1) is 0 Å². The summed E-state index contributed by atoms with van der Waals surface area (Å²) < 4.78 is 10.6. The van der Waals surface area contributed by atoms with E-state index in [1.165, 1.54) is 6.42 Å². The van der Waals surface area contributed by atoms with Gasteiger partial charge < -0.3 is 20.1 Å². The van der Waals surface area contributed by atoms with E-state index in [2.05, 4.69) is 10.6 Å². The first-order chi connectivity index (χ1) is 11.7. The fraction of sp³-hybridized carbons (Fsp3) is 0.556. The van der Waals surface area contributed by atoms with Gasteiger partial charge in [0.25, 0.3) is 0 Å². The van der Waals surface area contributed by atoms with Gasteiger partial charge in [0.05, 0.1) is 0 Å². The van der Waals surface area contributed by atoms with Crippen LogP contribution in [0.25, 0.3) is 0 Å². The van der Waals surface area contributed by atoms with Gasteiger partial charge in [-0.05, 0) is 37.8 Å². The van der Waals surface area contributed by atoms with Crippen molar-refractivity contribution in [2.24, 2.45) is 5.41 Å². The SMILES string of the molecule is O=C(Nc1ccc2c(c1)OCO2)C1(C(=O)NC2CCCCC2)CC1. The first-order valence-electron chi connectivity index (χ1n) is 8.69. The molecule has 0 aromatic heterocycles. The molecule has 0 bridgehead atoms. The number of hydrogen-bond donors (Lipinski definition) is 2. The molecule has 2 N–H and O–H groups in total. The average Bonchev–Trinajstić information content (AvgIpc) is 3.28. The second-order valence-electron chi connectivity index (χ2n) is 6.91. The van der Waals surface area contributed by atoms with Gasteiger partial charge >= 0.3 is 0 Å². The Kier molecular flexibility index (Phi) is 3.82. The monoisotopic (exact) mass is 330 g/mol. The minimum atomic E-state index is -0.895. The molecular weight excluding hydrogens is 308 g/mol. The van der Waals surface area contributed by atoms with Crippen molar-refractivity contribution in [3.63, 3.8) is 0 Å². The topological polar surface area (TPSA) is 76.7 Å². The van der Waals surface area contributed by atoms with E-state index in [-0.39, 0.29) is 24.6 Å². The van der Waals surface area contributed by atoms with Crippen LogP contribution in [-0.4, -0.2) is 24.6 Å². The van der Waals surface area contributed by atoms with E-state index in [0.29, 0.717) is 30.0 Å². The quantitative estimate of drug-likeness (QED) is 0.832. The van der Waals surface area contributed by atoms with E-state index in [1.807, 2.05) is 0 Å². The van der Waals surface area contributed by atoms with Gasteiger partial charge in [0.15, 0.2) is 11.5 Å². The largest absolute Gasteiger partial charge is 0.454 e. The van der Waals surface area contributed by atoms with Crippen LogP contribution < -0.4 is 20.1 Å². The minimum absolute atomic E-state index is 0.118. The van der Waals surface area contributed by atoms with Gasteiger partial charge in [-0.2, -0.15) is 0 Å². The molecule has 6 nitrogen and oxygen atoms in total. The lowest BCUT2D eigenvalue weighted by molar-refractivity contribution is -0.135. The van der Waals surface area contributed by atoms with Crippen LogP contribution in [0.3, 0.4) is 0 Å². The molecule has 0 saturated heterocycles. The maximum Gasteiger partial charge on any atom is 0.240 e. The first kappa shape index (κ1) is 15.3. The summed E-state index contributed by atoms with van der Waals surface area (Å²) in [6.07, 6.45) is 6.81. The Hall–Kier alpha value is -2.24. The van der Waals surface area contributed by atoms with E-state index < -0.39 is 5.41 Å². The molecule has 0 spiro atoms. The van der Waals surface area contributed by atoms with Crippen LogP contribution >= 0.6 is 0 Å². The highest BCUT2D eigenvalue weighted by atomic mass is 16.7. The molecular formula is C18H22N2O4. The number of amides is 2. The summed E-state index contributed by atoms with van der Waals surface area (Å²) in [5, 5.41) is 5.94. The van der Waals surface area contributed by atoms with Crippen LogP contribution in [0.5, 0.6) is 11.5 Å². The van der Waals surface area contributed by atoms with Gasteiger partial charge in [0.1, 0.15) is 5.41 Å². The minimum Gasteiger partial charge on any atom is -0.454 e. The summed E-state index contributed by atoms with van der Waals surface area (Å²) in [6, 6.07) is 5.48. The second-order valence-corrected chi connectivity index (χ2v) is 6.91. The molecule has 1 aromatic rings. The fourth-order valence-electron chi connectivity index (χ4n) is 3.48. The number of nitrogens with one attached hydrogen (secondary N) is 2. The van der Waals surface area contributed by atoms with Crippen molar-refractivity contribution < 1.29 is 19.1 Å². The standard InChI is InChI=1S/C18H22N2O4/c21-16(19-12-4-2-1-3-5-12)18(8-9-18)17(22)20-13-6-7-14-15(10-13)24-11-23-14/h6-7,10,12H,1-5,8-9,11H2,(H,19,21)(H,20,22). The summed E-state index contributed by atoms with van der Waals surface area (Å²) in [4.78, 5) is 25.2. The number of ether oxygens (including phenoxy) is 2. The zero-order valence-electron chi connectivity index (χ0n) is 13.6. The summed E-state index contributed by atoms with van der Waals surface area (Å²) in [5.41, 5.74) is -0.269. The number of benzene rings is 1. The summed E-state index contributed by atoms with van der Waals surface area (Å²) in [6.45, 7) is 0.195. The van der Waals surface area contributed by atoms with E-state index in [0.717, 1.165) is 25.7 Å². The van der Waals surface area contributed by atoms with Gasteiger partial charge in [0, 0.05) is 17.8 Å². The molecule has 3 aliphatic rings. The lowest BCUT2D eigenvalue weighted by Crippen LogP contribution is -2.45. The Bertz CT molecular complexity index is 663. The molecule has 0 atom stereocenters. The van der Waals surface area contributed by atoms with E-state index in [4.69, 9.17) is 9.47 Å². The second kappa shape index (κ2) is 6.00. The maximum absolute atomic E-state index is 12.6. The molecule has 2 fully saturated rings. The third kappa shape index (κ3) is 2.81. The van der Waals surface area contributed by atoms with Crippen LogP contribution in [0, 0.1) is 5.41 Å². The van der Waals surface area contributed by atoms with Crippen molar-refractivity contribution in [3.05, 3.63) is 18.2 Å². The zero-order valence-corrected chi connectivity index (χ0v) is 13.6. The Labute approximate surface area is 140 Å². The van der Waals surface area contributed by atoms with Gasteiger partial charge in [-0.3, -0.25) is 9.59 Å². The third-order valence-corrected chi connectivity index (χ3v) is 5.19. The molecule has 1 aromatic carbocycles. The molecule has 2 aliphatic carbocycles. The van der Waals surface area contributed by atoms with Gasteiger partial charge in [-0.25, -0.2) is 0 Å². The summed E-state index contributed by atoms with van der Waals surface area (Å²) in [7, 11) is 0. The Morgan fingerprint density at radius 3 is 2.50 bits per heavy atom. The molecule has 0 unspecified atom stereocenters. The zero-order chi connectivity index (χ0) is 16.6. The summed E-state index contributed by atoms with van der Waals surface area (Å²) >= 11 is 0. The van der Waals surface area contributed by atoms with Crippen molar-refractivity contribution in [2.45, 2.75) is 51.0 Å². The highest BCUT2D eigenvalue weighted by molar-refractivity contribution is 6.13. The summed E-state index contributed by atoms with van der Waals surface area (Å²) in [5.74, 6) is 0.941. The molecule has 128 valence electrons. The Morgan fingerprint density at radius 2 is 1.75 bits per heavy atom. The predicted molar refractivity (Wildman–Crippen MR) is 87.9 cm³/mol. The molecule has 0 radical (unpaired) electrons. The van der Waals surface area contributed by atoms with Crippen molar-refractivity contribution in [3.8, 4) is 11.5 Å². The molecule has 2 saturated carbocycles. The number of fused-ring (bicyclic) bond motifs is 1. The maximum atomic E-state index is 12.6. The van der Waals surface area contributed by atoms with Crippen LogP contribution in [0.1, 0.15) is 44.9 Å². The predicted octanol–water partition coefficient (Wildman–Crippen LogP) is 2.58. The fourth-order valence-corrected chi connectivity index (χ4v) is 3.48. The molecule has 6 heteroatoms. The van der Waals surface area contributed by atoms with Crippen LogP contribution in [0.15, 0.2) is 18.2 Å². The van der Waals surface area contributed by atoms with E-state index in [9.17, 15) is 9.59 Å². The first-order valence-corrected chi connectivity index (χ1v) is 8.69. The number of hydrogen-bond acceptors (Lipinski definition) is 4. The number of carbonyl (C=O) groups is 2. The number of anilines is 1. The van der Waals surface area contributed by atoms with Crippen molar-refractivity contribution in [2.75, 3.05) is 12.1 Å². The van der Waals surface area contributed by atoms with Crippen LogP contribution in [-0.2, 0) is 9.59 Å². The normalized spacial score (nSPS) is 21.2. The third-order valence-electron chi connectivity index (χ3n) is 5.19. The smallest absolute Gasteiger partial charge is 0.240 e. The van der Waals surface area contributed by atoms with Gasteiger partial charge in [0.2, 0.25) is 18.6 Å². The van der Waals surface area contributed by atoms with Crippen molar-refractivity contribution in [1.29, 1.82) is 0 Å².